The van der Waals surface area contributed by atoms with Gasteiger partial charge in [0.25, 0.3) is 5.91 Å². The molecule has 0 atom stereocenters. The molecule has 0 aliphatic heterocycles. The van der Waals surface area contributed by atoms with Crippen molar-refractivity contribution < 1.29 is 19.0 Å². The number of halogens is 1. The number of benzene rings is 3. The standard InChI is InChI=1S/C21H18BrNO4/c1-25-16-11-12-18(22)17(13-16)21(24)23-14-7-9-15(10-8-14)27-20-6-4-3-5-19(20)26-2/h3-13H,1-2H3,(H,23,24). The van der Waals surface area contributed by atoms with Gasteiger partial charge in [0.1, 0.15) is 11.5 Å². The smallest absolute Gasteiger partial charge is 0.256 e. The highest BCUT2D eigenvalue weighted by Crippen LogP contribution is 2.31. The number of amides is 1. The Hall–Kier alpha value is -2.99. The number of para-hydroxylation sites is 2. The van der Waals surface area contributed by atoms with Crippen LogP contribution in [-0.4, -0.2) is 20.1 Å². The van der Waals surface area contributed by atoms with Gasteiger partial charge in [0.05, 0.1) is 19.8 Å². The van der Waals surface area contributed by atoms with Crippen molar-refractivity contribution in [3.05, 3.63) is 76.8 Å². The van der Waals surface area contributed by atoms with E-state index in [1.54, 1.807) is 56.7 Å². The van der Waals surface area contributed by atoms with Crippen molar-refractivity contribution in [3.63, 3.8) is 0 Å². The summed E-state index contributed by atoms with van der Waals surface area (Å²) in [4.78, 5) is 12.5. The fourth-order valence-electron chi connectivity index (χ4n) is 2.44. The first-order valence-corrected chi connectivity index (χ1v) is 8.96. The van der Waals surface area contributed by atoms with Crippen LogP contribution >= 0.6 is 15.9 Å². The first-order chi connectivity index (χ1) is 13.1. The first kappa shape index (κ1) is 18.8. The highest BCUT2D eigenvalue weighted by molar-refractivity contribution is 9.10. The molecule has 138 valence electrons. The number of rotatable bonds is 6. The van der Waals surface area contributed by atoms with Crippen LogP contribution in [0.5, 0.6) is 23.0 Å². The summed E-state index contributed by atoms with van der Waals surface area (Å²) in [5, 5.41) is 2.86. The first-order valence-electron chi connectivity index (χ1n) is 8.16. The van der Waals surface area contributed by atoms with Crippen LogP contribution in [-0.2, 0) is 0 Å². The number of anilines is 1. The highest BCUT2D eigenvalue weighted by atomic mass is 79.9. The summed E-state index contributed by atoms with van der Waals surface area (Å²) in [6.07, 6.45) is 0. The van der Waals surface area contributed by atoms with E-state index in [0.29, 0.717) is 38.7 Å². The van der Waals surface area contributed by atoms with Crippen molar-refractivity contribution in [2.24, 2.45) is 0 Å². The third kappa shape index (κ3) is 4.60. The van der Waals surface area contributed by atoms with Crippen molar-refractivity contribution in [2.45, 2.75) is 0 Å². The van der Waals surface area contributed by atoms with Gasteiger partial charge in [0, 0.05) is 10.2 Å². The van der Waals surface area contributed by atoms with E-state index in [0.717, 1.165) is 0 Å². The molecule has 27 heavy (non-hydrogen) atoms. The largest absolute Gasteiger partial charge is 0.497 e. The lowest BCUT2D eigenvalue weighted by Gasteiger charge is -2.11. The number of carbonyl (C=O) groups is 1. The third-order valence-electron chi connectivity index (χ3n) is 3.83. The Bertz CT molecular complexity index is 941. The van der Waals surface area contributed by atoms with Crippen LogP contribution in [0.3, 0.4) is 0 Å². The minimum absolute atomic E-state index is 0.237. The second-order valence-corrected chi connectivity index (χ2v) is 6.43. The van der Waals surface area contributed by atoms with E-state index in [1.807, 2.05) is 24.3 Å². The number of carbonyl (C=O) groups excluding carboxylic acids is 1. The van der Waals surface area contributed by atoms with Gasteiger partial charge in [-0.25, -0.2) is 0 Å². The molecule has 3 aromatic rings. The van der Waals surface area contributed by atoms with Crippen LogP contribution in [0.15, 0.2) is 71.2 Å². The Labute approximate surface area is 166 Å². The van der Waals surface area contributed by atoms with Crippen molar-refractivity contribution in [3.8, 4) is 23.0 Å². The predicted octanol–water partition coefficient (Wildman–Crippen LogP) is 5.51. The van der Waals surface area contributed by atoms with E-state index < -0.39 is 0 Å². The predicted molar refractivity (Wildman–Crippen MR) is 108 cm³/mol. The number of hydrogen-bond acceptors (Lipinski definition) is 4. The fraction of sp³-hybridized carbons (Fsp3) is 0.0952. The lowest BCUT2D eigenvalue weighted by Crippen LogP contribution is -2.12. The SMILES string of the molecule is COc1ccc(Br)c(C(=O)Nc2ccc(Oc3ccccc3OC)cc2)c1. The summed E-state index contributed by atoms with van der Waals surface area (Å²) >= 11 is 3.39. The maximum absolute atomic E-state index is 12.5. The van der Waals surface area contributed by atoms with E-state index >= 15 is 0 Å². The molecule has 0 aliphatic rings. The highest BCUT2D eigenvalue weighted by Gasteiger charge is 2.12. The maximum atomic E-state index is 12.5. The molecule has 0 saturated carbocycles. The number of nitrogens with one attached hydrogen (secondary N) is 1. The van der Waals surface area contributed by atoms with Gasteiger partial charge in [-0.15, -0.1) is 0 Å². The Morgan fingerprint density at radius 1 is 0.852 bits per heavy atom. The topological polar surface area (TPSA) is 56.8 Å². The monoisotopic (exact) mass is 427 g/mol. The zero-order valence-corrected chi connectivity index (χ0v) is 16.4. The minimum Gasteiger partial charge on any atom is -0.497 e. The second kappa shape index (κ2) is 8.60. The van der Waals surface area contributed by atoms with Crippen molar-refractivity contribution in [2.75, 3.05) is 19.5 Å². The van der Waals surface area contributed by atoms with Crippen LogP contribution < -0.4 is 19.5 Å². The van der Waals surface area contributed by atoms with Gasteiger partial charge < -0.3 is 19.5 Å². The summed E-state index contributed by atoms with van der Waals surface area (Å²) in [5.41, 5.74) is 1.14. The van der Waals surface area contributed by atoms with Gasteiger partial charge in [0.15, 0.2) is 11.5 Å². The van der Waals surface area contributed by atoms with Gasteiger partial charge in [-0.1, -0.05) is 12.1 Å². The summed E-state index contributed by atoms with van der Waals surface area (Å²) in [6, 6.07) is 19.8. The van der Waals surface area contributed by atoms with Crippen LogP contribution in [0.25, 0.3) is 0 Å². The zero-order chi connectivity index (χ0) is 19.2. The molecule has 1 N–H and O–H groups in total. The average Bonchev–Trinajstić information content (AvgIpc) is 2.70. The van der Waals surface area contributed by atoms with Gasteiger partial charge in [-0.3, -0.25) is 4.79 Å². The number of methoxy groups -OCH3 is 2. The molecule has 0 aliphatic carbocycles. The van der Waals surface area contributed by atoms with E-state index in [4.69, 9.17) is 14.2 Å². The fourth-order valence-corrected chi connectivity index (χ4v) is 2.87. The number of hydrogen-bond donors (Lipinski definition) is 1. The summed E-state index contributed by atoms with van der Waals surface area (Å²) < 4.78 is 17.0. The summed E-state index contributed by atoms with van der Waals surface area (Å²) in [7, 11) is 3.16. The molecule has 0 radical (unpaired) electrons. The Kier molecular flexibility index (Phi) is 5.98. The third-order valence-corrected chi connectivity index (χ3v) is 4.52. The van der Waals surface area contributed by atoms with E-state index in [9.17, 15) is 4.79 Å². The van der Waals surface area contributed by atoms with Crippen LogP contribution in [0.4, 0.5) is 5.69 Å². The van der Waals surface area contributed by atoms with Crippen LogP contribution in [0.2, 0.25) is 0 Å². The molecular formula is C21H18BrNO4. The lowest BCUT2D eigenvalue weighted by molar-refractivity contribution is 0.102. The molecule has 5 nitrogen and oxygen atoms in total. The Morgan fingerprint density at radius 3 is 2.19 bits per heavy atom. The molecule has 0 aromatic heterocycles. The lowest BCUT2D eigenvalue weighted by atomic mass is 10.2. The molecule has 0 unspecified atom stereocenters. The molecule has 0 bridgehead atoms. The molecule has 3 aromatic carbocycles. The number of ether oxygens (including phenoxy) is 3. The summed E-state index contributed by atoms with van der Waals surface area (Å²) in [6.45, 7) is 0. The van der Waals surface area contributed by atoms with Crippen molar-refractivity contribution in [1.82, 2.24) is 0 Å². The molecule has 0 fully saturated rings. The molecule has 1 amide bonds. The summed E-state index contributed by atoms with van der Waals surface area (Å²) in [5.74, 6) is 2.29. The Balaban J connectivity index is 1.71. The quantitative estimate of drug-likeness (QED) is 0.563. The molecular weight excluding hydrogens is 410 g/mol. The second-order valence-electron chi connectivity index (χ2n) is 5.58. The molecule has 0 heterocycles. The van der Waals surface area contributed by atoms with Crippen LogP contribution in [0.1, 0.15) is 10.4 Å². The normalized spacial score (nSPS) is 10.2. The van der Waals surface area contributed by atoms with E-state index in [1.165, 1.54) is 0 Å². The average molecular weight is 428 g/mol. The maximum Gasteiger partial charge on any atom is 0.256 e. The molecule has 0 saturated heterocycles. The molecule has 3 rings (SSSR count). The minimum atomic E-state index is -0.237. The van der Waals surface area contributed by atoms with Crippen LogP contribution in [0, 0.1) is 0 Å². The zero-order valence-electron chi connectivity index (χ0n) is 14.9. The van der Waals surface area contributed by atoms with Gasteiger partial charge in [-0.2, -0.15) is 0 Å². The van der Waals surface area contributed by atoms with E-state index in [-0.39, 0.29) is 5.91 Å². The van der Waals surface area contributed by atoms with Gasteiger partial charge in [0.2, 0.25) is 0 Å². The Morgan fingerprint density at radius 2 is 1.52 bits per heavy atom. The van der Waals surface area contributed by atoms with E-state index in [2.05, 4.69) is 21.2 Å². The molecule has 6 heteroatoms. The van der Waals surface area contributed by atoms with Gasteiger partial charge in [-0.05, 0) is 70.5 Å². The van der Waals surface area contributed by atoms with Crippen molar-refractivity contribution in [1.29, 1.82) is 0 Å². The van der Waals surface area contributed by atoms with Gasteiger partial charge >= 0.3 is 0 Å². The molecule has 0 spiro atoms. The van der Waals surface area contributed by atoms with Crippen molar-refractivity contribution >= 4 is 27.5 Å².